The molecule has 1 aromatic carbocycles. The summed E-state index contributed by atoms with van der Waals surface area (Å²) in [7, 11) is -0.632. The van der Waals surface area contributed by atoms with Gasteiger partial charge >= 0.3 is 0 Å². The van der Waals surface area contributed by atoms with Gasteiger partial charge in [-0.25, -0.2) is 13.4 Å². The third-order valence-electron chi connectivity index (χ3n) is 3.34. The lowest BCUT2D eigenvalue weighted by Crippen LogP contribution is -2.08. The molecule has 1 heterocycles. The van der Waals surface area contributed by atoms with Crippen LogP contribution in [0, 0.1) is 11.3 Å². The maximum Gasteiger partial charge on any atom is 0.194 e. The number of rotatable bonds is 7. The van der Waals surface area contributed by atoms with E-state index < -0.39 is 9.84 Å². The number of sulfone groups is 1. The molecule has 0 radical (unpaired) electrons. The summed E-state index contributed by atoms with van der Waals surface area (Å²) >= 11 is 0. The Labute approximate surface area is 146 Å². The van der Waals surface area contributed by atoms with Gasteiger partial charge in [-0.15, -0.1) is 0 Å². The summed E-state index contributed by atoms with van der Waals surface area (Å²) < 4.78 is 39.4. The van der Waals surface area contributed by atoms with Crippen LogP contribution in [0.1, 0.15) is 11.1 Å². The largest absolute Gasteiger partial charge is 0.497 e. The number of nitrogens with zero attached hydrogens (tertiary/aromatic N) is 2. The Hall–Kier alpha value is -2.47. The molecule has 0 fully saturated rings. The first-order chi connectivity index (χ1) is 11.9. The summed E-state index contributed by atoms with van der Waals surface area (Å²) in [5.41, 5.74) is 1.62. The third-order valence-corrected chi connectivity index (χ3v) is 4.35. The van der Waals surface area contributed by atoms with Crippen molar-refractivity contribution in [2.45, 2.75) is 11.6 Å². The molecule has 0 aliphatic heterocycles. The summed E-state index contributed by atoms with van der Waals surface area (Å²) in [6.07, 6.45) is 1.02. The van der Waals surface area contributed by atoms with Crippen molar-refractivity contribution >= 4 is 9.84 Å². The third kappa shape index (κ3) is 4.54. The van der Waals surface area contributed by atoms with Gasteiger partial charge < -0.3 is 14.2 Å². The van der Waals surface area contributed by atoms with E-state index in [1.165, 1.54) is 20.3 Å². The van der Waals surface area contributed by atoms with Gasteiger partial charge in [-0.2, -0.15) is 5.26 Å². The van der Waals surface area contributed by atoms with Crippen molar-refractivity contribution < 1.29 is 22.6 Å². The number of benzene rings is 1. The van der Waals surface area contributed by atoms with Gasteiger partial charge in [-0.05, 0) is 18.2 Å². The van der Waals surface area contributed by atoms with Gasteiger partial charge in [0.1, 0.15) is 18.6 Å². The van der Waals surface area contributed by atoms with Crippen LogP contribution < -0.4 is 4.74 Å². The molecule has 0 atom stereocenters. The fourth-order valence-electron chi connectivity index (χ4n) is 2.27. The van der Waals surface area contributed by atoms with Crippen molar-refractivity contribution in [3.63, 3.8) is 0 Å². The predicted octanol–water partition coefficient (Wildman–Crippen LogP) is 2.15. The van der Waals surface area contributed by atoms with Gasteiger partial charge in [-0.1, -0.05) is 12.1 Å². The molecule has 2 aromatic rings. The Morgan fingerprint density at radius 1 is 1.24 bits per heavy atom. The molecule has 0 saturated carbocycles. The Kier molecular flexibility index (Phi) is 6.09. The number of hydrogen-bond acceptors (Lipinski definition) is 7. The maximum absolute atomic E-state index is 12.0. The van der Waals surface area contributed by atoms with Crippen LogP contribution in [0.25, 0.3) is 11.3 Å². The summed E-state index contributed by atoms with van der Waals surface area (Å²) in [4.78, 5) is 4.25. The van der Waals surface area contributed by atoms with Gasteiger partial charge in [-0.3, -0.25) is 0 Å². The van der Waals surface area contributed by atoms with Gasteiger partial charge in [0, 0.05) is 24.5 Å². The minimum absolute atomic E-state index is 0.0230. The van der Waals surface area contributed by atoms with Crippen LogP contribution in [-0.4, -0.2) is 40.7 Å². The van der Waals surface area contributed by atoms with Gasteiger partial charge in [0.05, 0.1) is 25.0 Å². The molecular weight excluding hydrogens is 344 g/mol. The second kappa shape index (κ2) is 8.07. The van der Waals surface area contributed by atoms with Crippen LogP contribution >= 0.6 is 0 Å². The van der Waals surface area contributed by atoms with Crippen molar-refractivity contribution in [2.75, 3.05) is 27.3 Å². The molecule has 0 bridgehead atoms. The van der Waals surface area contributed by atoms with Crippen LogP contribution in [-0.2, 0) is 25.9 Å². The fourth-order valence-corrected chi connectivity index (χ4v) is 3.03. The second-order valence-electron chi connectivity index (χ2n) is 5.22. The number of aromatic nitrogens is 1. The molecule has 2 rings (SSSR count). The number of methoxy groups -OCH3 is 2. The highest BCUT2D eigenvalue weighted by molar-refractivity contribution is 7.90. The van der Waals surface area contributed by atoms with Crippen LogP contribution in [0.3, 0.4) is 0 Å². The monoisotopic (exact) mass is 362 g/mol. The summed E-state index contributed by atoms with van der Waals surface area (Å²) in [6, 6.07) is 10.4. The molecular formula is C17H18N2O5S. The van der Waals surface area contributed by atoms with Crippen molar-refractivity contribution in [2.24, 2.45) is 0 Å². The number of pyridine rings is 1. The maximum atomic E-state index is 12.0. The molecule has 132 valence electrons. The average Bonchev–Trinajstić information content (AvgIpc) is 2.60. The minimum atomic E-state index is -3.66. The van der Waals surface area contributed by atoms with E-state index in [2.05, 4.69) is 4.98 Å². The summed E-state index contributed by atoms with van der Waals surface area (Å²) in [5, 5.41) is 9.02. The Morgan fingerprint density at radius 3 is 2.60 bits per heavy atom. The van der Waals surface area contributed by atoms with Crippen LogP contribution in [0.5, 0.6) is 5.75 Å². The molecule has 0 amide bonds. The second-order valence-corrected chi connectivity index (χ2v) is 7.15. The molecule has 0 aliphatic rings. The van der Waals surface area contributed by atoms with Crippen molar-refractivity contribution in [1.29, 1.82) is 5.26 Å². The zero-order valence-electron chi connectivity index (χ0n) is 14.1. The summed E-state index contributed by atoms with van der Waals surface area (Å²) in [6.45, 7) is 0.180. The first-order valence-corrected chi connectivity index (χ1v) is 9.15. The Morgan fingerprint density at radius 2 is 2.00 bits per heavy atom. The quantitative estimate of drug-likeness (QED) is 0.550. The zero-order valence-corrected chi connectivity index (χ0v) is 15.0. The van der Waals surface area contributed by atoms with Crippen LogP contribution in [0.15, 0.2) is 35.4 Å². The molecule has 0 spiro atoms. The molecule has 1 aromatic heterocycles. The average molecular weight is 362 g/mol. The van der Waals surface area contributed by atoms with E-state index in [9.17, 15) is 13.7 Å². The van der Waals surface area contributed by atoms with E-state index in [-0.39, 0.29) is 24.0 Å². The van der Waals surface area contributed by atoms with E-state index in [0.29, 0.717) is 22.6 Å². The molecule has 0 N–H and O–H groups in total. The van der Waals surface area contributed by atoms with Crippen LogP contribution in [0.4, 0.5) is 0 Å². The molecule has 0 aliphatic carbocycles. The van der Waals surface area contributed by atoms with E-state index in [0.717, 1.165) is 6.26 Å². The number of nitriles is 1. The van der Waals surface area contributed by atoms with Crippen molar-refractivity contribution in [3.05, 3.63) is 41.5 Å². The normalized spacial score (nSPS) is 11.1. The Balaban J connectivity index is 2.66. The highest BCUT2D eigenvalue weighted by atomic mass is 32.2. The Bertz CT molecular complexity index is 904. The fraction of sp³-hybridized carbons (Fsp3) is 0.294. The molecule has 0 saturated heterocycles. The van der Waals surface area contributed by atoms with E-state index in [4.69, 9.17) is 14.2 Å². The smallest absolute Gasteiger partial charge is 0.194 e. The minimum Gasteiger partial charge on any atom is -0.497 e. The lowest BCUT2D eigenvalue weighted by atomic mass is 10.0. The molecule has 25 heavy (non-hydrogen) atoms. The van der Waals surface area contributed by atoms with Crippen molar-refractivity contribution in [3.8, 4) is 23.1 Å². The van der Waals surface area contributed by atoms with Gasteiger partial charge in [0.2, 0.25) is 0 Å². The SMILES string of the molecule is COCOCc1cc(C#N)c(S(C)(=O)=O)nc1-c1cccc(OC)c1. The first kappa shape index (κ1) is 18.9. The molecule has 0 unspecified atom stereocenters. The topological polar surface area (TPSA) is 98.5 Å². The predicted molar refractivity (Wildman–Crippen MR) is 90.7 cm³/mol. The highest BCUT2D eigenvalue weighted by Gasteiger charge is 2.20. The molecule has 8 heteroatoms. The van der Waals surface area contributed by atoms with Crippen molar-refractivity contribution in [1.82, 2.24) is 4.98 Å². The van der Waals surface area contributed by atoms with E-state index >= 15 is 0 Å². The van der Waals surface area contributed by atoms with E-state index in [1.54, 1.807) is 24.3 Å². The van der Waals surface area contributed by atoms with Gasteiger partial charge in [0.15, 0.2) is 14.9 Å². The lowest BCUT2D eigenvalue weighted by molar-refractivity contribution is -0.0390. The molecule has 7 nitrogen and oxygen atoms in total. The first-order valence-electron chi connectivity index (χ1n) is 7.26. The lowest BCUT2D eigenvalue weighted by Gasteiger charge is -2.13. The van der Waals surface area contributed by atoms with E-state index in [1.807, 2.05) is 6.07 Å². The zero-order chi connectivity index (χ0) is 18.4. The number of hydrogen-bond donors (Lipinski definition) is 0. The highest BCUT2D eigenvalue weighted by Crippen LogP contribution is 2.29. The van der Waals surface area contributed by atoms with Gasteiger partial charge in [0.25, 0.3) is 0 Å². The van der Waals surface area contributed by atoms with Crippen LogP contribution in [0.2, 0.25) is 0 Å². The standard InChI is InChI=1S/C17H18N2O5S/c1-22-11-24-10-14-7-13(9-18)17(25(3,20)21)19-16(14)12-5-4-6-15(8-12)23-2/h4-8H,10-11H2,1-3H3. The number of ether oxygens (including phenoxy) is 3. The summed E-state index contributed by atoms with van der Waals surface area (Å²) in [5.74, 6) is 0.605.